The molecule has 0 spiro atoms. The molecule has 1 heterocycles. The molecule has 0 aliphatic carbocycles. The lowest BCUT2D eigenvalue weighted by molar-refractivity contribution is -0.863. The Balaban J connectivity index is 2.07. The summed E-state index contributed by atoms with van der Waals surface area (Å²) in [4.78, 5) is 13.6. The van der Waals surface area contributed by atoms with Crippen molar-refractivity contribution in [3.8, 4) is 0 Å². The number of rotatable bonds is 4. The first kappa shape index (κ1) is 16.0. The van der Waals surface area contributed by atoms with Crippen molar-refractivity contribution in [1.29, 1.82) is 0 Å². The Morgan fingerprint density at radius 1 is 1.33 bits per heavy atom. The lowest BCUT2D eigenvalue weighted by Gasteiger charge is -2.40. The van der Waals surface area contributed by atoms with Crippen molar-refractivity contribution in [3.05, 3.63) is 35.9 Å². The van der Waals surface area contributed by atoms with Crippen LogP contribution in [0, 0.1) is 5.92 Å². The van der Waals surface area contributed by atoms with E-state index in [9.17, 15) is 4.79 Å². The molecular weight excluding hydrogens is 266 g/mol. The summed E-state index contributed by atoms with van der Waals surface area (Å²) in [6, 6.07) is 9.18. The number of hydrogen-bond acceptors (Lipinski definition) is 3. The summed E-state index contributed by atoms with van der Waals surface area (Å²) in [6.45, 7) is 5.68. The maximum atomic E-state index is 12.3. The predicted octanol–water partition coefficient (Wildman–Crippen LogP) is 1.17. The molecule has 0 aromatic heterocycles. The summed E-state index contributed by atoms with van der Waals surface area (Å²) in [5, 5.41) is 0. The zero-order valence-corrected chi connectivity index (χ0v) is 13.4. The van der Waals surface area contributed by atoms with Gasteiger partial charge in [-0.3, -0.25) is 0 Å². The molecule has 21 heavy (non-hydrogen) atoms. The van der Waals surface area contributed by atoms with Crippen molar-refractivity contribution in [2.24, 2.45) is 5.92 Å². The molecule has 2 atom stereocenters. The van der Waals surface area contributed by atoms with Gasteiger partial charge >= 0.3 is 5.97 Å². The quantitative estimate of drug-likeness (QED) is 0.847. The minimum atomic E-state index is -0.239. The first-order valence-corrected chi connectivity index (χ1v) is 7.56. The van der Waals surface area contributed by atoms with Crippen LogP contribution in [-0.4, -0.2) is 44.9 Å². The van der Waals surface area contributed by atoms with Gasteiger partial charge in [0.2, 0.25) is 0 Å². The highest BCUT2D eigenvalue weighted by Gasteiger charge is 2.39. The molecule has 4 nitrogen and oxygen atoms in total. The van der Waals surface area contributed by atoms with Gasteiger partial charge in [0.1, 0.15) is 6.10 Å². The number of ether oxygens (including phenoxy) is 2. The van der Waals surface area contributed by atoms with Crippen molar-refractivity contribution in [1.82, 2.24) is 0 Å². The van der Waals surface area contributed by atoms with E-state index in [0.29, 0.717) is 12.2 Å². The van der Waals surface area contributed by atoms with Crippen molar-refractivity contribution in [2.45, 2.75) is 32.0 Å². The molecule has 2 unspecified atom stereocenters. The fourth-order valence-corrected chi connectivity index (χ4v) is 2.78. The fraction of sp³-hybridized carbons (Fsp3) is 0.588. The number of nitrogens with one attached hydrogen (secondary N) is 1. The van der Waals surface area contributed by atoms with Gasteiger partial charge in [-0.2, -0.15) is 0 Å². The van der Waals surface area contributed by atoms with E-state index < -0.39 is 0 Å². The minimum Gasteiger partial charge on any atom is -0.458 e. The van der Waals surface area contributed by atoms with Gasteiger partial charge in [-0.15, -0.1) is 0 Å². The van der Waals surface area contributed by atoms with Crippen LogP contribution in [0.25, 0.3) is 0 Å². The zero-order valence-electron chi connectivity index (χ0n) is 13.4. The van der Waals surface area contributed by atoms with E-state index in [0.717, 1.165) is 13.0 Å². The average molecular weight is 292 g/mol. The van der Waals surface area contributed by atoms with E-state index in [1.807, 2.05) is 18.2 Å². The first-order valence-electron chi connectivity index (χ1n) is 7.56. The number of esters is 1. The molecule has 1 N–H and O–H groups in total. The van der Waals surface area contributed by atoms with E-state index in [4.69, 9.17) is 9.47 Å². The van der Waals surface area contributed by atoms with E-state index >= 15 is 0 Å². The summed E-state index contributed by atoms with van der Waals surface area (Å²) in [7, 11) is 4.21. The Kier molecular flexibility index (Phi) is 5.01. The third-order valence-electron chi connectivity index (χ3n) is 3.85. The third-order valence-corrected chi connectivity index (χ3v) is 3.85. The lowest BCUT2D eigenvalue weighted by atomic mass is 9.88. The maximum Gasteiger partial charge on any atom is 0.338 e. The molecule has 1 saturated heterocycles. The molecule has 116 valence electrons. The second kappa shape index (κ2) is 6.58. The van der Waals surface area contributed by atoms with Crippen LogP contribution in [0.1, 0.15) is 30.6 Å². The first-order chi connectivity index (χ1) is 9.87. The molecule has 0 amide bonds. The van der Waals surface area contributed by atoms with E-state index in [1.165, 1.54) is 4.90 Å². The Bertz CT molecular complexity index is 470. The van der Waals surface area contributed by atoms with E-state index in [2.05, 4.69) is 27.9 Å². The van der Waals surface area contributed by atoms with Gasteiger partial charge in [-0.1, -0.05) is 18.2 Å². The molecule has 1 fully saturated rings. The lowest BCUT2D eigenvalue weighted by Crippen LogP contribution is -3.07. The number of hydrogen-bond donors (Lipinski definition) is 1. The van der Waals surface area contributed by atoms with Crippen LogP contribution in [0.5, 0.6) is 0 Å². The fourth-order valence-electron chi connectivity index (χ4n) is 2.78. The Morgan fingerprint density at radius 3 is 2.62 bits per heavy atom. The smallest absolute Gasteiger partial charge is 0.338 e. The molecule has 4 heteroatoms. The third kappa shape index (κ3) is 4.55. The van der Waals surface area contributed by atoms with Gasteiger partial charge in [0.15, 0.2) is 0 Å². The molecule has 1 aliphatic rings. The van der Waals surface area contributed by atoms with Crippen LogP contribution >= 0.6 is 0 Å². The Morgan fingerprint density at radius 2 is 2.00 bits per heavy atom. The topological polar surface area (TPSA) is 40.0 Å². The van der Waals surface area contributed by atoms with Gasteiger partial charge in [0.25, 0.3) is 0 Å². The van der Waals surface area contributed by atoms with Crippen LogP contribution in [-0.2, 0) is 9.47 Å². The number of carbonyl (C=O) groups excluding carboxylic acids is 1. The highest BCUT2D eigenvalue weighted by atomic mass is 16.6. The SMILES string of the molecule is C[NH+](C)CC1COC(C)(C)CC1OC(=O)c1ccccc1. The molecular formula is C17H26NO3+. The molecule has 0 bridgehead atoms. The van der Waals surface area contributed by atoms with E-state index in [1.54, 1.807) is 12.1 Å². The normalized spacial score (nSPS) is 24.8. The largest absolute Gasteiger partial charge is 0.458 e. The summed E-state index contributed by atoms with van der Waals surface area (Å²) in [6.07, 6.45) is 0.653. The second-order valence-electron chi connectivity index (χ2n) is 6.76. The molecule has 0 saturated carbocycles. The number of benzene rings is 1. The monoisotopic (exact) mass is 292 g/mol. The van der Waals surface area contributed by atoms with Crippen LogP contribution in [0.2, 0.25) is 0 Å². The summed E-state index contributed by atoms with van der Waals surface area (Å²) in [5.74, 6) is 0.00717. The molecule has 1 aromatic rings. The highest BCUT2D eigenvalue weighted by Crippen LogP contribution is 2.29. The van der Waals surface area contributed by atoms with E-state index in [-0.39, 0.29) is 23.6 Å². The Hall–Kier alpha value is -1.39. The van der Waals surface area contributed by atoms with Crippen molar-refractivity contribution in [2.75, 3.05) is 27.2 Å². The molecule has 1 aromatic carbocycles. The van der Waals surface area contributed by atoms with Gasteiger partial charge < -0.3 is 14.4 Å². The van der Waals surface area contributed by atoms with Crippen LogP contribution in [0.4, 0.5) is 0 Å². The number of quaternary nitrogens is 1. The van der Waals surface area contributed by atoms with Crippen LogP contribution in [0.15, 0.2) is 30.3 Å². The zero-order chi connectivity index (χ0) is 15.5. The van der Waals surface area contributed by atoms with Gasteiger partial charge in [-0.25, -0.2) is 4.79 Å². The highest BCUT2D eigenvalue weighted by molar-refractivity contribution is 5.89. The Labute approximate surface area is 127 Å². The van der Waals surface area contributed by atoms with Gasteiger partial charge in [0.05, 0.1) is 44.3 Å². The molecule has 1 aliphatic heterocycles. The number of carbonyl (C=O) groups is 1. The van der Waals surface area contributed by atoms with Gasteiger partial charge in [-0.05, 0) is 26.0 Å². The second-order valence-corrected chi connectivity index (χ2v) is 6.76. The van der Waals surface area contributed by atoms with Crippen LogP contribution in [0.3, 0.4) is 0 Å². The van der Waals surface area contributed by atoms with Gasteiger partial charge in [0, 0.05) is 6.42 Å². The standard InChI is InChI=1S/C17H25NO3/c1-17(2)10-15(14(12-20-17)11-18(3)4)21-16(19)13-8-6-5-7-9-13/h5-9,14-15H,10-12H2,1-4H3/p+1. The summed E-state index contributed by atoms with van der Waals surface area (Å²) >= 11 is 0. The average Bonchev–Trinajstić information content (AvgIpc) is 2.42. The van der Waals surface area contributed by atoms with Crippen molar-refractivity contribution < 1.29 is 19.2 Å². The van der Waals surface area contributed by atoms with Crippen LogP contribution < -0.4 is 4.90 Å². The van der Waals surface area contributed by atoms with Crippen molar-refractivity contribution >= 4 is 5.97 Å². The molecule has 0 radical (unpaired) electrons. The summed E-state index contributed by atoms with van der Waals surface area (Å²) < 4.78 is 11.7. The maximum absolute atomic E-state index is 12.3. The summed E-state index contributed by atoms with van der Waals surface area (Å²) in [5.41, 5.74) is 0.373. The predicted molar refractivity (Wildman–Crippen MR) is 81.5 cm³/mol. The van der Waals surface area contributed by atoms with Crippen molar-refractivity contribution in [3.63, 3.8) is 0 Å². The molecule has 2 rings (SSSR count). The minimum absolute atomic E-state index is 0.0867.